The number of nitrogens with zero attached hydrogens (tertiary/aromatic N) is 1. The standard InChI is InChI=1S/C14H7ClN2O4/c15-6-1-2-7-8(5-6)14(19)11-9(16)3-4-10(17(20)21)12(11)13(7)18/h1-5H,16H2. The predicted molar refractivity (Wildman–Crippen MR) is 75.8 cm³/mol. The number of nitrogens with two attached hydrogens (primary N) is 1. The minimum atomic E-state index is -0.704. The van der Waals surface area contributed by atoms with Gasteiger partial charge in [-0.1, -0.05) is 11.6 Å². The first-order valence-corrected chi connectivity index (χ1v) is 6.25. The molecule has 2 aromatic rings. The summed E-state index contributed by atoms with van der Waals surface area (Å²) in [5.74, 6) is -1.14. The first kappa shape index (κ1) is 13.3. The highest BCUT2D eigenvalue weighted by Crippen LogP contribution is 2.36. The van der Waals surface area contributed by atoms with Crippen molar-refractivity contribution in [3.8, 4) is 0 Å². The van der Waals surface area contributed by atoms with Gasteiger partial charge in [0.1, 0.15) is 5.56 Å². The largest absolute Gasteiger partial charge is 0.398 e. The molecule has 1 aliphatic carbocycles. The van der Waals surface area contributed by atoms with E-state index in [4.69, 9.17) is 17.3 Å². The number of ketones is 2. The maximum absolute atomic E-state index is 12.5. The van der Waals surface area contributed by atoms with Crippen molar-refractivity contribution in [2.24, 2.45) is 0 Å². The highest BCUT2D eigenvalue weighted by Gasteiger charge is 2.37. The molecule has 0 atom stereocenters. The lowest BCUT2D eigenvalue weighted by Gasteiger charge is -2.18. The maximum Gasteiger partial charge on any atom is 0.281 e. The molecule has 0 radical (unpaired) electrons. The molecule has 0 unspecified atom stereocenters. The summed E-state index contributed by atoms with van der Waals surface area (Å²) in [5, 5.41) is 11.4. The summed E-state index contributed by atoms with van der Waals surface area (Å²) in [6.45, 7) is 0. The van der Waals surface area contributed by atoms with E-state index in [1.165, 1.54) is 24.3 Å². The zero-order valence-corrected chi connectivity index (χ0v) is 11.2. The lowest BCUT2D eigenvalue weighted by Crippen LogP contribution is -2.23. The van der Waals surface area contributed by atoms with Crippen LogP contribution in [0, 0.1) is 10.1 Å². The molecule has 0 aromatic heterocycles. The molecule has 0 saturated heterocycles. The number of carbonyl (C=O) groups excluding carboxylic acids is 2. The monoisotopic (exact) mass is 302 g/mol. The van der Waals surface area contributed by atoms with Gasteiger partial charge in [0.05, 0.1) is 10.5 Å². The molecule has 104 valence electrons. The number of rotatable bonds is 1. The molecule has 0 amide bonds. The van der Waals surface area contributed by atoms with Crippen molar-refractivity contribution in [1.82, 2.24) is 0 Å². The molecule has 1 aliphatic rings. The van der Waals surface area contributed by atoms with E-state index < -0.39 is 22.2 Å². The van der Waals surface area contributed by atoms with E-state index in [1.54, 1.807) is 0 Å². The van der Waals surface area contributed by atoms with E-state index in [-0.39, 0.29) is 27.9 Å². The quantitative estimate of drug-likeness (QED) is 0.423. The Bertz CT molecular complexity index is 845. The van der Waals surface area contributed by atoms with Gasteiger partial charge in [-0.25, -0.2) is 0 Å². The van der Waals surface area contributed by atoms with Crippen molar-refractivity contribution in [2.75, 3.05) is 5.73 Å². The summed E-state index contributed by atoms with van der Waals surface area (Å²) in [4.78, 5) is 35.4. The fraction of sp³-hybridized carbons (Fsp3) is 0. The Labute approximate surface area is 123 Å². The Balaban J connectivity index is 2.40. The number of hydrogen-bond acceptors (Lipinski definition) is 5. The lowest BCUT2D eigenvalue weighted by molar-refractivity contribution is -0.385. The van der Waals surface area contributed by atoms with Gasteiger partial charge < -0.3 is 5.73 Å². The van der Waals surface area contributed by atoms with Crippen LogP contribution in [0.1, 0.15) is 31.8 Å². The summed E-state index contributed by atoms with van der Waals surface area (Å²) < 4.78 is 0. The van der Waals surface area contributed by atoms with Crippen LogP contribution in [0.15, 0.2) is 30.3 Å². The molecule has 0 fully saturated rings. The molecule has 7 heteroatoms. The number of carbonyl (C=O) groups is 2. The Morgan fingerprint density at radius 3 is 2.33 bits per heavy atom. The van der Waals surface area contributed by atoms with Crippen LogP contribution in [-0.4, -0.2) is 16.5 Å². The summed E-state index contributed by atoms with van der Waals surface area (Å²) in [6, 6.07) is 6.57. The Hall–Kier alpha value is -2.73. The van der Waals surface area contributed by atoms with Gasteiger partial charge in [0.2, 0.25) is 5.78 Å². The number of benzene rings is 2. The molecule has 2 aromatic carbocycles. The van der Waals surface area contributed by atoms with Crippen LogP contribution in [0.3, 0.4) is 0 Å². The van der Waals surface area contributed by atoms with Crippen LogP contribution in [-0.2, 0) is 0 Å². The zero-order valence-electron chi connectivity index (χ0n) is 10.4. The minimum Gasteiger partial charge on any atom is -0.398 e. The maximum atomic E-state index is 12.5. The molecular weight excluding hydrogens is 296 g/mol. The third-order valence-electron chi connectivity index (χ3n) is 3.34. The normalized spacial score (nSPS) is 12.8. The molecular formula is C14H7ClN2O4. The average molecular weight is 303 g/mol. The number of halogens is 1. The molecule has 0 heterocycles. The third kappa shape index (κ3) is 1.80. The molecule has 0 bridgehead atoms. The number of hydrogen-bond donors (Lipinski definition) is 1. The van der Waals surface area contributed by atoms with Gasteiger partial charge in [0.25, 0.3) is 5.69 Å². The van der Waals surface area contributed by atoms with Gasteiger partial charge in [0, 0.05) is 27.9 Å². The Morgan fingerprint density at radius 2 is 1.67 bits per heavy atom. The van der Waals surface area contributed by atoms with Crippen molar-refractivity contribution >= 4 is 34.5 Å². The van der Waals surface area contributed by atoms with Crippen LogP contribution >= 0.6 is 11.6 Å². The van der Waals surface area contributed by atoms with Crippen molar-refractivity contribution in [3.05, 3.63) is 67.7 Å². The second kappa shape index (κ2) is 4.39. The lowest BCUT2D eigenvalue weighted by atomic mass is 9.82. The SMILES string of the molecule is Nc1ccc([N+](=O)[O-])c2c1C(=O)c1cc(Cl)ccc1C2=O. The predicted octanol–water partition coefficient (Wildman–Crippen LogP) is 2.61. The summed E-state index contributed by atoms with van der Waals surface area (Å²) >= 11 is 5.84. The highest BCUT2D eigenvalue weighted by atomic mass is 35.5. The second-order valence-electron chi connectivity index (χ2n) is 4.53. The van der Waals surface area contributed by atoms with Crippen molar-refractivity contribution < 1.29 is 14.5 Å². The Morgan fingerprint density at radius 1 is 1.00 bits per heavy atom. The molecule has 0 aliphatic heterocycles. The minimum absolute atomic E-state index is 0.0274. The number of anilines is 1. The van der Waals surface area contributed by atoms with Crippen LogP contribution in [0.2, 0.25) is 5.02 Å². The topological polar surface area (TPSA) is 103 Å². The molecule has 6 nitrogen and oxygen atoms in total. The van der Waals surface area contributed by atoms with E-state index in [9.17, 15) is 19.7 Å². The molecule has 0 spiro atoms. The van der Waals surface area contributed by atoms with Crippen LogP contribution < -0.4 is 5.73 Å². The van der Waals surface area contributed by atoms with E-state index in [2.05, 4.69) is 0 Å². The highest BCUT2D eigenvalue weighted by molar-refractivity contribution is 6.34. The smallest absolute Gasteiger partial charge is 0.281 e. The number of fused-ring (bicyclic) bond motifs is 2. The van der Waals surface area contributed by atoms with Crippen LogP contribution in [0.25, 0.3) is 0 Å². The third-order valence-corrected chi connectivity index (χ3v) is 3.57. The number of nitrogen functional groups attached to an aromatic ring is 1. The average Bonchev–Trinajstić information content (AvgIpc) is 2.44. The molecule has 21 heavy (non-hydrogen) atoms. The van der Waals surface area contributed by atoms with Crippen molar-refractivity contribution in [3.63, 3.8) is 0 Å². The summed E-state index contributed by atoms with van der Waals surface area (Å²) in [5.41, 5.74) is 5.12. The number of nitro benzene ring substituents is 1. The fourth-order valence-electron chi connectivity index (χ4n) is 2.41. The van der Waals surface area contributed by atoms with E-state index in [1.807, 2.05) is 0 Å². The van der Waals surface area contributed by atoms with Gasteiger partial charge in [-0.05, 0) is 24.3 Å². The number of nitro groups is 1. The zero-order chi connectivity index (χ0) is 15.3. The van der Waals surface area contributed by atoms with Gasteiger partial charge in [-0.3, -0.25) is 19.7 Å². The first-order valence-electron chi connectivity index (χ1n) is 5.87. The fourth-order valence-corrected chi connectivity index (χ4v) is 2.58. The first-order chi connectivity index (χ1) is 9.91. The van der Waals surface area contributed by atoms with Crippen molar-refractivity contribution in [1.29, 1.82) is 0 Å². The van der Waals surface area contributed by atoms with E-state index in [0.717, 1.165) is 6.07 Å². The molecule has 2 N–H and O–H groups in total. The Kier molecular flexibility index (Phi) is 2.77. The summed E-state index contributed by atoms with van der Waals surface area (Å²) in [7, 11) is 0. The van der Waals surface area contributed by atoms with E-state index in [0.29, 0.717) is 5.02 Å². The van der Waals surface area contributed by atoms with Crippen LogP contribution in [0.5, 0.6) is 0 Å². The van der Waals surface area contributed by atoms with Crippen molar-refractivity contribution in [2.45, 2.75) is 0 Å². The van der Waals surface area contributed by atoms with Crippen LogP contribution in [0.4, 0.5) is 11.4 Å². The second-order valence-corrected chi connectivity index (χ2v) is 4.97. The van der Waals surface area contributed by atoms with E-state index >= 15 is 0 Å². The summed E-state index contributed by atoms with van der Waals surface area (Å²) in [6.07, 6.45) is 0. The van der Waals surface area contributed by atoms with Gasteiger partial charge in [-0.15, -0.1) is 0 Å². The molecule has 0 saturated carbocycles. The van der Waals surface area contributed by atoms with Gasteiger partial charge >= 0.3 is 0 Å². The van der Waals surface area contributed by atoms with Gasteiger partial charge in [0.15, 0.2) is 5.78 Å². The molecule has 3 rings (SSSR count). The van der Waals surface area contributed by atoms with Gasteiger partial charge in [-0.2, -0.15) is 0 Å².